The van der Waals surface area contributed by atoms with Gasteiger partial charge in [-0.1, -0.05) is 6.92 Å². The maximum Gasteiger partial charge on any atom is 0.233 e. The number of nitrogens with two attached hydrogens (primary N) is 1. The van der Waals surface area contributed by atoms with Crippen molar-refractivity contribution in [2.45, 2.75) is 43.4 Å². The molecule has 0 aliphatic rings. The van der Waals surface area contributed by atoms with Gasteiger partial charge < -0.3 is 11.1 Å². The predicted octanol–water partition coefficient (Wildman–Crippen LogP) is 2.66. The van der Waals surface area contributed by atoms with E-state index in [2.05, 4.69) is 12.2 Å². The quantitative estimate of drug-likeness (QED) is 0.625. The minimum absolute atomic E-state index is 0.0844. The van der Waals surface area contributed by atoms with E-state index in [1.54, 1.807) is 11.8 Å². The largest absolute Gasteiger partial charge is 0.399 e. The number of nitrogens with one attached hydrogen (secondary N) is 1. The summed E-state index contributed by atoms with van der Waals surface area (Å²) in [5.41, 5.74) is 6.35. The molecule has 3 N–H and O–H groups in total. The highest BCUT2D eigenvalue weighted by atomic mass is 32.2. The summed E-state index contributed by atoms with van der Waals surface area (Å²) in [5.74, 6) is 0.0844. The lowest BCUT2D eigenvalue weighted by atomic mass is 10.2. The number of anilines is 1. The minimum Gasteiger partial charge on any atom is -0.399 e. The lowest BCUT2D eigenvalue weighted by Gasteiger charge is -2.16. The number of rotatable bonds is 5. The third-order valence-electron chi connectivity index (χ3n) is 2.56. The average Bonchev–Trinajstić information content (AvgIpc) is 2.31. The topological polar surface area (TPSA) is 55.1 Å². The Bertz CT molecular complexity index is 364. The molecule has 2 unspecified atom stereocenters. The molecule has 17 heavy (non-hydrogen) atoms. The van der Waals surface area contributed by atoms with E-state index in [1.165, 1.54) is 0 Å². The van der Waals surface area contributed by atoms with Crippen molar-refractivity contribution in [1.82, 2.24) is 5.32 Å². The third kappa shape index (κ3) is 4.69. The number of benzene rings is 1. The fourth-order valence-electron chi connectivity index (χ4n) is 1.27. The standard InChI is InChI=1S/C13H20N2OS/c1-4-9(2)15-13(16)10(3)17-12-7-5-11(14)6-8-12/h5-10H,4,14H2,1-3H3,(H,15,16). The van der Waals surface area contributed by atoms with Gasteiger partial charge in [-0.25, -0.2) is 0 Å². The Kier molecular flexibility index (Phi) is 5.35. The van der Waals surface area contributed by atoms with Crippen molar-refractivity contribution >= 4 is 23.4 Å². The molecule has 0 aliphatic carbocycles. The minimum atomic E-state index is -0.0902. The number of amides is 1. The zero-order chi connectivity index (χ0) is 12.8. The van der Waals surface area contributed by atoms with E-state index in [0.29, 0.717) is 0 Å². The predicted molar refractivity (Wildman–Crippen MR) is 74.1 cm³/mol. The van der Waals surface area contributed by atoms with Crippen LogP contribution in [0.4, 0.5) is 5.69 Å². The van der Waals surface area contributed by atoms with Crippen LogP contribution in [0.25, 0.3) is 0 Å². The van der Waals surface area contributed by atoms with Crippen LogP contribution < -0.4 is 11.1 Å². The van der Waals surface area contributed by atoms with E-state index in [0.717, 1.165) is 17.0 Å². The number of nitrogen functional groups attached to an aromatic ring is 1. The number of hydrogen-bond acceptors (Lipinski definition) is 3. The molecule has 1 aromatic carbocycles. The SMILES string of the molecule is CCC(C)NC(=O)C(C)Sc1ccc(N)cc1. The smallest absolute Gasteiger partial charge is 0.233 e. The Hall–Kier alpha value is -1.16. The normalized spacial score (nSPS) is 14.1. The van der Waals surface area contributed by atoms with Crippen molar-refractivity contribution in [2.24, 2.45) is 0 Å². The Labute approximate surface area is 107 Å². The van der Waals surface area contributed by atoms with Gasteiger partial charge >= 0.3 is 0 Å². The first-order valence-electron chi connectivity index (χ1n) is 5.85. The Morgan fingerprint density at radius 3 is 2.47 bits per heavy atom. The van der Waals surface area contributed by atoms with Crippen molar-refractivity contribution in [3.63, 3.8) is 0 Å². The van der Waals surface area contributed by atoms with Crippen LogP contribution in [0.5, 0.6) is 0 Å². The molecule has 0 fully saturated rings. The number of hydrogen-bond donors (Lipinski definition) is 2. The first-order valence-corrected chi connectivity index (χ1v) is 6.73. The highest BCUT2D eigenvalue weighted by Gasteiger charge is 2.15. The number of carbonyl (C=O) groups excluding carboxylic acids is 1. The van der Waals surface area contributed by atoms with E-state index >= 15 is 0 Å². The van der Waals surface area contributed by atoms with E-state index in [9.17, 15) is 4.79 Å². The van der Waals surface area contributed by atoms with Crippen LogP contribution in [-0.2, 0) is 4.79 Å². The molecule has 1 rings (SSSR count). The van der Waals surface area contributed by atoms with Crippen LogP contribution >= 0.6 is 11.8 Å². The molecule has 0 radical (unpaired) electrons. The molecule has 0 heterocycles. The Morgan fingerprint density at radius 1 is 1.35 bits per heavy atom. The van der Waals surface area contributed by atoms with Gasteiger partial charge in [0.05, 0.1) is 5.25 Å². The molecular weight excluding hydrogens is 232 g/mol. The van der Waals surface area contributed by atoms with Crippen LogP contribution in [0.3, 0.4) is 0 Å². The summed E-state index contributed by atoms with van der Waals surface area (Å²) >= 11 is 1.55. The molecule has 1 aromatic rings. The summed E-state index contributed by atoms with van der Waals surface area (Å²) in [7, 11) is 0. The van der Waals surface area contributed by atoms with Crippen molar-refractivity contribution in [3.8, 4) is 0 Å². The second-order valence-electron chi connectivity index (χ2n) is 4.15. The average molecular weight is 252 g/mol. The van der Waals surface area contributed by atoms with Gasteiger partial charge in [-0.3, -0.25) is 4.79 Å². The summed E-state index contributed by atoms with van der Waals surface area (Å²) in [4.78, 5) is 12.9. The van der Waals surface area contributed by atoms with Crippen LogP contribution in [0.1, 0.15) is 27.2 Å². The van der Waals surface area contributed by atoms with Gasteiger partial charge in [0.15, 0.2) is 0 Å². The molecule has 1 amide bonds. The van der Waals surface area contributed by atoms with Gasteiger partial charge in [0, 0.05) is 16.6 Å². The molecule has 0 spiro atoms. The summed E-state index contributed by atoms with van der Waals surface area (Å²) < 4.78 is 0. The molecule has 0 aliphatic heterocycles. The summed E-state index contributed by atoms with van der Waals surface area (Å²) in [6, 6.07) is 7.81. The van der Waals surface area contributed by atoms with Crippen molar-refractivity contribution in [1.29, 1.82) is 0 Å². The maximum atomic E-state index is 11.8. The van der Waals surface area contributed by atoms with Crippen molar-refractivity contribution < 1.29 is 4.79 Å². The molecular formula is C13H20N2OS. The highest BCUT2D eigenvalue weighted by Crippen LogP contribution is 2.24. The summed E-state index contributed by atoms with van der Waals surface area (Å²) in [5, 5.41) is 2.89. The molecule has 0 aromatic heterocycles. The van der Waals surface area contributed by atoms with Gasteiger partial charge in [0.25, 0.3) is 0 Å². The van der Waals surface area contributed by atoms with Gasteiger partial charge in [0.2, 0.25) is 5.91 Å². The molecule has 0 bridgehead atoms. The van der Waals surface area contributed by atoms with Crippen LogP contribution in [0.2, 0.25) is 0 Å². The van der Waals surface area contributed by atoms with Crippen LogP contribution in [0, 0.1) is 0 Å². The number of thioether (sulfide) groups is 1. The van der Waals surface area contributed by atoms with Gasteiger partial charge in [-0.05, 0) is 44.5 Å². The zero-order valence-corrected chi connectivity index (χ0v) is 11.4. The van der Waals surface area contributed by atoms with E-state index in [-0.39, 0.29) is 17.2 Å². The monoisotopic (exact) mass is 252 g/mol. The first kappa shape index (κ1) is 13.9. The molecule has 0 saturated heterocycles. The summed E-state index contributed by atoms with van der Waals surface area (Å²) in [6.45, 7) is 5.99. The van der Waals surface area contributed by atoms with Gasteiger partial charge in [-0.2, -0.15) is 0 Å². The molecule has 2 atom stereocenters. The van der Waals surface area contributed by atoms with Gasteiger partial charge in [0.1, 0.15) is 0 Å². The fourth-order valence-corrected chi connectivity index (χ4v) is 2.14. The lowest BCUT2D eigenvalue weighted by molar-refractivity contribution is -0.120. The Morgan fingerprint density at radius 2 is 1.94 bits per heavy atom. The maximum absolute atomic E-state index is 11.8. The van der Waals surface area contributed by atoms with E-state index in [1.807, 2.05) is 38.1 Å². The number of carbonyl (C=O) groups is 1. The zero-order valence-electron chi connectivity index (χ0n) is 10.6. The molecule has 3 nitrogen and oxygen atoms in total. The van der Waals surface area contributed by atoms with Crippen molar-refractivity contribution in [2.75, 3.05) is 5.73 Å². The van der Waals surface area contributed by atoms with E-state index < -0.39 is 0 Å². The summed E-state index contributed by atoms with van der Waals surface area (Å²) in [6.07, 6.45) is 0.949. The third-order valence-corrected chi connectivity index (χ3v) is 3.68. The highest BCUT2D eigenvalue weighted by molar-refractivity contribution is 8.00. The second kappa shape index (κ2) is 6.55. The van der Waals surface area contributed by atoms with Gasteiger partial charge in [-0.15, -0.1) is 11.8 Å². The first-order chi connectivity index (χ1) is 8.02. The Balaban J connectivity index is 2.51. The molecule has 0 saturated carbocycles. The fraction of sp³-hybridized carbons (Fsp3) is 0.462. The molecule has 4 heteroatoms. The van der Waals surface area contributed by atoms with Crippen molar-refractivity contribution in [3.05, 3.63) is 24.3 Å². The van der Waals surface area contributed by atoms with Crippen LogP contribution in [-0.4, -0.2) is 17.2 Å². The molecule has 94 valence electrons. The second-order valence-corrected chi connectivity index (χ2v) is 5.56. The lowest BCUT2D eigenvalue weighted by Crippen LogP contribution is -2.37. The van der Waals surface area contributed by atoms with Crippen LogP contribution in [0.15, 0.2) is 29.2 Å². The van der Waals surface area contributed by atoms with E-state index in [4.69, 9.17) is 5.73 Å².